The van der Waals surface area contributed by atoms with E-state index in [0.717, 1.165) is 43.2 Å². The van der Waals surface area contributed by atoms with Crippen LogP contribution in [-0.4, -0.2) is 54.8 Å². The van der Waals surface area contributed by atoms with E-state index in [2.05, 4.69) is 30.5 Å². The molecule has 0 radical (unpaired) electrons. The zero-order valence-electron chi connectivity index (χ0n) is 10.4. The monoisotopic (exact) mass is 244 g/mol. The summed E-state index contributed by atoms with van der Waals surface area (Å²) in [5.74, 6) is 0. The third-order valence-corrected chi connectivity index (χ3v) is 4.90. The van der Waals surface area contributed by atoms with Gasteiger partial charge in [-0.25, -0.2) is 0 Å². The van der Waals surface area contributed by atoms with Crippen molar-refractivity contribution < 1.29 is 4.74 Å². The summed E-state index contributed by atoms with van der Waals surface area (Å²) in [6.45, 7) is 10.7. The van der Waals surface area contributed by atoms with Gasteiger partial charge < -0.3 is 15.4 Å². The normalized spacial score (nSPS) is 41.4. The Morgan fingerprint density at radius 1 is 1.38 bits per heavy atom. The first-order valence-electron chi connectivity index (χ1n) is 6.29. The molecule has 0 aromatic heterocycles. The lowest BCUT2D eigenvalue weighted by atomic mass is 9.86. The summed E-state index contributed by atoms with van der Waals surface area (Å²) < 4.78 is 5.53. The van der Waals surface area contributed by atoms with Gasteiger partial charge in [0, 0.05) is 48.7 Å². The number of nitrogens with two attached hydrogens (primary N) is 1. The van der Waals surface area contributed by atoms with Crippen LogP contribution in [0.15, 0.2) is 0 Å². The van der Waals surface area contributed by atoms with E-state index in [1.165, 1.54) is 13.1 Å². The first kappa shape index (κ1) is 12.7. The number of rotatable bonds is 3. The molecule has 3 atom stereocenters. The molecule has 4 heteroatoms. The number of hydrogen-bond donors (Lipinski definition) is 1. The minimum Gasteiger partial charge on any atom is -0.381 e. The van der Waals surface area contributed by atoms with E-state index in [4.69, 9.17) is 10.5 Å². The van der Waals surface area contributed by atoms with Gasteiger partial charge in [0.1, 0.15) is 0 Å². The van der Waals surface area contributed by atoms with Crippen molar-refractivity contribution >= 4 is 11.8 Å². The van der Waals surface area contributed by atoms with Crippen LogP contribution in [0.5, 0.6) is 0 Å². The fourth-order valence-electron chi connectivity index (χ4n) is 2.89. The molecule has 2 saturated heterocycles. The first-order chi connectivity index (χ1) is 7.63. The van der Waals surface area contributed by atoms with Gasteiger partial charge in [0.2, 0.25) is 0 Å². The molecule has 0 aromatic rings. The molecule has 3 nitrogen and oxygen atoms in total. The van der Waals surface area contributed by atoms with Crippen molar-refractivity contribution in [2.45, 2.75) is 30.8 Å². The van der Waals surface area contributed by atoms with E-state index < -0.39 is 0 Å². The molecule has 0 spiro atoms. The predicted octanol–water partition coefficient (Wildman–Crippen LogP) is 1.18. The summed E-state index contributed by atoms with van der Waals surface area (Å²) in [5, 5.41) is 1.50. The Labute approximate surface area is 103 Å². The molecule has 94 valence electrons. The van der Waals surface area contributed by atoms with E-state index in [9.17, 15) is 0 Å². The van der Waals surface area contributed by atoms with Gasteiger partial charge in [-0.3, -0.25) is 0 Å². The van der Waals surface area contributed by atoms with Crippen molar-refractivity contribution in [3.05, 3.63) is 0 Å². The summed E-state index contributed by atoms with van der Waals surface area (Å²) in [6.07, 6.45) is 1.13. The van der Waals surface area contributed by atoms with Crippen LogP contribution in [0.1, 0.15) is 20.3 Å². The summed E-state index contributed by atoms with van der Waals surface area (Å²) in [5.41, 5.74) is 6.18. The van der Waals surface area contributed by atoms with Gasteiger partial charge in [0.05, 0.1) is 6.61 Å². The fourth-order valence-corrected chi connectivity index (χ4v) is 4.27. The van der Waals surface area contributed by atoms with Crippen molar-refractivity contribution in [1.29, 1.82) is 0 Å². The zero-order chi connectivity index (χ0) is 11.6. The van der Waals surface area contributed by atoms with Crippen LogP contribution in [-0.2, 0) is 4.74 Å². The Morgan fingerprint density at radius 2 is 2.06 bits per heavy atom. The molecule has 0 aliphatic carbocycles. The van der Waals surface area contributed by atoms with Crippen molar-refractivity contribution in [3.63, 3.8) is 0 Å². The van der Waals surface area contributed by atoms with Crippen molar-refractivity contribution in [2.24, 2.45) is 11.1 Å². The predicted molar refractivity (Wildman–Crippen MR) is 69.9 cm³/mol. The lowest BCUT2D eigenvalue weighted by Crippen LogP contribution is -2.49. The molecule has 2 heterocycles. The summed E-state index contributed by atoms with van der Waals surface area (Å²) in [7, 11) is 0. The smallest absolute Gasteiger partial charge is 0.0547 e. The molecule has 2 N–H and O–H groups in total. The highest BCUT2D eigenvalue weighted by molar-refractivity contribution is 8.00. The molecule has 16 heavy (non-hydrogen) atoms. The molecular weight excluding hydrogens is 220 g/mol. The van der Waals surface area contributed by atoms with Gasteiger partial charge in [-0.15, -0.1) is 0 Å². The minimum absolute atomic E-state index is 0.238. The second-order valence-corrected chi connectivity index (χ2v) is 7.34. The highest BCUT2D eigenvalue weighted by Crippen LogP contribution is 2.32. The van der Waals surface area contributed by atoms with Crippen LogP contribution >= 0.6 is 11.8 Å². The average Bonchev–Trinajstić information content (AvgIpc) is 2.65. The van der Waals surface area contributed by atoms with Crippen LogP contribution in [0.4, 0.5) is 0 Å². The average molecular weight is 244 g/mol. The van der Waals surface area contributed by atoms with Crippen molar-refractivity contribution in [2.75, 3.05) is 39.4 Å². The van der Waals surface area contributed by atoms with Crippen LogP contribution in [0.3, 0.4) is 0 Å². The largest absolute Gasteiger partial charge is 0.381 e. The van der Waals surface area contributed by atoms with E-state index in [1.807, 2.05) is 0 Å². The van der Waals surface area contributed by atoms with Crippen LogP contribution in [0.2, 0.25) is 0 Å². The van der Waals surface area contributed by atoms with E-state index >= 15 is 0 Å². The maximum Gasteiger partial charge on any atom is 0.0547 e. The molecule has 0 aromatic carbocycles. The molecule has 2 fully saturated rings. The molecule has 0 bridgehead atoms. The van der Waals surface area contributed by atoms with E-state index in [-0.39, 0.29) is 5.41 Å². The molecule has 2 aliphatic rings. The topological polar surface area (TPSA) is 38.5 Å². The number of ether oxygens (including phenoxy) is 1. The SMILES string of the molecule is CC1CN(CC2(CN)CCOC2)CC(C)S1. The van der Waals surface area contributed by atoms with Crippen molar-refractivity contribution in [3.8, 4) is 0 Å². The molecule has 3 unspecified atom stereocenters. The van der Waals surface area contributed by atoms with E-state index in [1.54, 1.807) is 0 Å². The van der Waals surface area contributed by atoms with E-state index in [0.29, 0.717) is 0 Å². The Morgan fingerprint density at radius 3 is 2.56 bits per heavy atom. The molecule has 2 aliphatic heterocycles. The maximum atomic E-state index is 5.94. The summed E-state index contributed by atoms with van der Waals surface area (Å²) in [6, 6.07) is 0. The van der Waals surface area contributed by atoms with Gasteiger partial charge in [-0.1, -0.05) is 13.8 Å². The van der Waals surface area contributed by atoms with Gasteiger partial charge in [-0.2, -0.15) is 11.8 Å². The number of thioether (sulfide) groups is 1. The third-order valence-electron chi connectivity index (χ3n) is 3.67. The highest BCUT2D eigenvalue weighted by Gasteiger charge is 2.36. The van der Waals surface area contributed by atoms with Gasteiger partial charge in [0.25, 0.3) is 0 Å². The molecule has 0 amide bonds. The summed E-state index contributed by atoms with van der Waals surface area (Å²) in [4.78, 5) is 2.59. The summed E-state index contributed by atoms with van der Waals surface area (Å²) >= 11 is 2.11. The quantitative estimate of drug-likeness (QED) is 0.809. The van der Waals surface area contributed by atoms with Crippen LogP contribution < -0.4 is 5.73 Å². The molecule has 0 saturated carbocycles. The van der Waals surface area contributed by atoms with Crippen LogP contribution in [0, 0.1) is 5.41 Å². The van der Waals surface area contributed by atoms with Gasteiger partial charge >= 0.3 is 0 Å². The second kappa shape index (κ2) is 5.25. The lowest BCUT2D eigenvalue weighted by Gasteiger charge is -2.39. The standard InChI is InChI=1S/C12H24N2OS/c1-10-5-14(6-11(2)16-10)8-12(7-13)3-4-15-9-12/h10-11H,3-9,13H2,1-2H3. The lowest BCUT2D eigenvalue weighted by molar-refractivity contribution is 0.114. The zero-order valence-corrected chi connectivity index (χ0v) is 11.3. The first-order valence-corrected chi connectivity index (χ1v) is 7.23. The number of nitrogens with zero attached hydrogens (tertiary/aromatic N) is 1. The second-order valence-electron chi connectivity index (χ2n) is 5.46. The molecule has 2 rings (SSSR count). The molecular formula is C12H24N2OS. The highest BCUT2D eigenvalue weighted by atomic mass is 32.2. The Hall–Kier alpha value is 0.230. The Kier molecular flexibility index (Phi) is 4.16. The van der Waals surface area contributed by atoms with Gasteiger partial charge in [0.15, 0.2) is 0 Å². The van der Waals surface area contributed by atoms with Gasteiger partial charge in [-0.05, 0) is 6.42 Å². The van der Waals surface area contributed by atoms with Crippen LogP contribution in [0.25, 0.3) is 0 Å². The van der Waals surface area contributed by atoms with Crippen molar-refractivity contribution in [1.82, 2.24) is 4.90 Å². The number of hydrogen-bond acceptors (Lipinski definition) is 4. The maximum absolute atomic E-state index is 5.94. The third kappa shape index (κ3) is 2.92. The fraction of sp³-hybridized carbons (Fsp3) is 1.00. The minimum atomic E-state index is 0.238. The Balaban J connectivity index is 1.92. The Bertz CT molecular complexity index is 221.